The van der Waals surface area contributed by atoms with Crippen LogP contribution in [0.4, 0.5) is 0 Å². The summed E-state index contributed by atoms with van der Waals surface area (Å²) in [4.78, 5) is 8.31. The molecule has 0 unspecified atom stereocenters. The van der Waals surface area contributed by atoms with Gasteiger partial charge in [0.1, 0.15) is 5.01 Å². The molecule has 23 heavy (non-hydrogen) atoms. The third-order valence-corrected chi connectivity index (χ3v) is 5.40. The van der Waals surface area contributed by atoms with Crippen molar-refractivity contribution in [3.63, 3.8) is 0 Å². The normalized spacial score (nSPS) is 15.7. The molecule has 1 aliphatic heterocycles. The monoisotopic (exact) mass is 350 g/mol. The lowest BCUT2D eigenvalue weighted by Crippen LogP contribution is -2.31. The van der Waals surface area contributed by atoms with Gasteiger partial charge in [0.25, 0.3) is 0 Å². The first-order valence-electron chi connectivity index (χ1n) is 8.31. The van der Waals surface area contributed by atoms with Crippen molar-refractivity contribution < 1.29 is 4.74 Å². The number of rotatable bonds is 6. The zero-order chi connectivity index (χ0) is 16.1. The Morgan fingerprint density at radius 2 is 1.91 bits per heavy atom. The predicted octanol–water partition coefficient (Wildman–Crippen LogP) is 5.03. The second kappa shape index (κ2) is 8.13. The summed E-state index contributed by atoms with van der Waals surface area (Å²) >= 11 is 7.61. The number of hydrogen-bond donors (Lipinski definition) is 0. The highest BCUT2D eigenvalue weighted by molar-refractivity contribution is 7.15. The molecule has 5 heteroatoms. The van der Waals surface area contributed by atoms with E-state index < -0.39 is 0 Å². The average Bonchev–Trinajstić information content (AvgIpc) is 2.94. The molecule has 3 rings (SSSR count). The van der Waals surface area contributed by atoms with Crippen molar-refractivity contribution in [2.75, 3.05) is 26.2 Å². The molecule has 1 fully saturated rings. The van der Waals surface area contributed by atoms with Crippen LogP contribution in [0.1, 0.15) is 30.6 Å². The van der Waals surface area contributed by atoms with Crippen LogP contribution in [0, 0.1) is 6.92 Å². The highest BCUT2D eigenvalue weighted by Gasteiger charge is 2.12. The molecule has 124 valence electrons. The van der Waals surface area contributed by atoms with Crippen LogP contribution in [0.3, 0.4) is 0 Å². The van der Waals surface area contributed by atoms with Crippen molar-refractivity contribution in [3.8, 4) is 16.5 Å². The van der Waals surface area contributed by atoms with Gasteiger partial charge in [0.15, 0.2) is 0 Å². The van der Waals surface area contributed by atoms with E-state index >= 15 is 0 Å². The number of likely N-dealkylation sites (tertiary alicyclic amines) is 1. The largest absolute Gasteiger partial charge is 0.477 e. The molecule has 1 aliphatic rings. The number of aryl methyl sites for hydroxylation is 1. The summed E-state index contributed by atoms with van der Waals surface area (Å²) in [6.45, 7) is 6.43. The molecule has 0 saturated carbocycles. The van der Waals surface area contributed by atoms with Gasteiger partial charge < -0.3 is 9.64 Å². The maximum absolute atomic E-state index is 5.94. The number of benzene rings is 1. The lowest BCUT2D eigenvalue weighted by Gasteiger charge is -2.26. The lowest BCUT2D eigenvalue weighted by molar-refractivity contribution is 0.203. The van der Waals surface area contributed by atoms with Gasteiger partial charge in [-0.15, -0.1) is 11.3 Å². The summed E-state index contributed by atoms with van der Waals surface area (Å²) in [5.41, 5.74) is 1.09. The Morgan fingerprint density at radius 3 is 2.65 bits per heavy atom. The molecular weight excluding hydrogens is 328 g/mol. The maximum Gasteiger partial charge on any atom is 0.227 e. The van der Waals surface area contributed by atoms with Gasteiger partial charge >= 0.3 is 0 Å². The van der Waals surface area contributed by atoms with Crippen molar-refractivity contribution in [3.05, 3.63) is 34.2 Å². The van der Waals surface area contributed by atoms with Gasteiger partial charge in [-0.05, 0) is 51.4 Å². The minimum atomic E-state index is 0.737. The van der Waals surface area contributed by atoms with Crippen LogP contribution < -0.4 is 4.74 Å². The van der Waals surface area contributed by atoms with E-state index in [0.717, 1.165) is 45.9 Å². The molecule has 1 aromatic heterocycles. The number of halogens is 1. The Labute approximate surface area is 147 Å². The van der Waals surface area contributed by atoms with E-state index in [9.17, 15) is 0 Å². The van der Waals surface area contributed by atoms with E-state index in [0.29, 0.717) is 0 Å². The molecule has 2 aromatic rings. The minimum absolute atomic E-state index is 0.737. The first-order chi connectivity index (χ1) is 11.2. The Morgan fingerprint density at radius 1 is 1.17 bits per heavy atom. The topological polar surface area (TPSA) is 25.4 Å². The number of aromatic nitrogens is 1. The number of nitrogens with zero attached hydrogens (tertiary/aromatic N) is 2. The van der Waals surface area contributed by atoms with E-state index in [2.05, 4.69) is 16.8 Å². The Hall–Kier alpha value is -1.10. The van der Waals surface area contributed by atoms with Crippen molar-refractivity contribution in [2.24, 2.45) is 0 Å². The first-order valence-corrected chi connectivity index (χ1v) is 9.50. The average molecular weight is 351 g/mol. The Bertz CT molecular complexity index is 620. The van der Waals surface area contributed by atoms with Gasteiger partial charge in [-0.1, -0.05) is 30.2 Å². The number of hydrogen-bond acceptors (Lipinski definition) is 4. The molecule has 3 nitrogen and oxygen atoms in total. The Kier molecular flexibility index (Phi) is 5.92. The van der Waals surface area contributed by atoms with Gasteiger partial charge in [-0.2, -0.15) is 0 Å². The van der Waals surface area contributed by atoms with E-state index in [1.165, 1.54) is 32.4 Å². The van der Waals surface area contributed by atoms with Crippen molar-refractivity contribution in [1.82, 2.24) is 9.88 Å². The second-order valence-corrected chi connectivity index (χ2v) is 7.63. The molecule has 0 bridgehead atoms. The summed E-state index contributed by atoms with van der Waals surface area (Å²) in [7, 11) is 0. The molecule has 0 atom stereocenters. The summed E-state index contributed by atoms with van der Waals surface area (Å²) in [6, 6.07) is 7.79. The van der Waals surface area contributed by atoms with Crippen LogP contribution in [0.2, 0.25) is 5.02 Å². The van der Waals surface area contributed by atoms with E-state index in [-0.39, 0.29) is 0 Å². The van der Waals surface area contributed by atoms with E-state index in [4.69, 9.17) is 16.3 Å². The van der Waals surface area contributed by atoms with Crippen LogP contribution in [-0.2, 0) is 0 Å². The number of thiazole rings is 1. The van der Waals surface area contributed by atoms with Gasteiger partial charge in [-0.3, -0.25) is 0 Å². The zero-order valence-electron chi connectivity index (χ0n) is 13.6. The number of piperidine rings is 1. The smallest absolute Gasteiger partial charge is 0.227 e. The molecule has 0 N–H and O–H groups in total. The molecule has 0 spiro atoms. The SMILES string of the molecule is Cc1sc(-c2ccc(Cl)cc2)nc1OCCCN1CCCCC1. The highest BCUT2D eigenvalue weighted by Crippen LogP contribution is 2.32. The van der Waals surface area contributed by atoms with Gasteiger partial charge in [0.05, 0.1) is 11.5 Å². The van der Waals surface area contributed by atoms with E-state index in [1.54, 1.807) is 11.3 Å². The molecule has 1 aromatic carbocycles. The van der Waals surface area contributed by atoms with Crippen LogP contribution in [-0.4, -0.2) is 36.1 Å². The summed E-state index contributed by atoms with van der Waals surface area (Å²) in [5.74, 6) is 0.776. The zero-order valence-corrected chi connectivity index (χ0v) is 15.1. The van der Waals surface area contributed by atoms with Crippen LogP contribution >= 0.6 is 22.9 Å². The van der Waals surface area contributed by atoms with Crippen molar-refractivity contribution in [2.45, 2.75) is 32.6 Å². The van der Waals surface area contributed by atoms with Crippen LogP contribution in [0.15, 0.2) is 24.3 Å². The quantitative estimate of drug-likeness (QED) is 0.683. The third-order valence-electron chi connectivity index (χ3n) is 4.15. The fraction of sp³-hybridized carbons (Fsp3) is 0.500. The fourth-order valence-corrected chi connectivity index (χ4v) is 3.86. The van der Waals surface area contributed by atoms with Crippen LogP contribution in [0.5, 0.6) is 5.88 Å². The fourth-order valence-electron chi connectivity index (χ4n) is 2.87. The summed E-state index contributed by atoms with van der Waals surface area (Å²) in [6.07, 6.45) is 5.14. The van der Waals surface area contributed by atoms with Gasteiger partial charge in [-0.25, -0.2) is 4.98 Å². The molecule has 0 aliphatic carbocycles. The summed E-state index contributed by atoms with van der Waals surface area (Å²) in [5, 5.41) is 1.74. The standard InChI is InChI=1S/C18H23ClN2OS/c1-14-17(22-13-5-12-21-10-3-2-4-11-21)20-18(23-14)15-6-8-16(19)9-7-15/h6-9H,2-5,10-13H2,1H3. The second-order valence-electron chi connectivity index (χ2n) is 5.99. The van der Waals surface area contributed by atoms with Crippen molar-refractivity contribution >= 4 is 22.9 Å². The third kappa shape index (κ3) is 4.69. The first kappa shape index (κ1) is 16.7. The summed E-state index contributed by atoms with van der Waals surface area (Å²) < 4.78 is 5.90. The van der Waals surface area contributed by atoms with E-state index in [1.807, 2.05) is 24.3 Å². The van der Waals surface area contributed by atoms with Crippen LogP contribution in [0.25, 0.3) is 10.6 Å². The predicted molar refractivity (Wildman–Crippen MR) is 97.7 cm³/mol. The maximum atomic E-state index is 5.94. The van der Waals surface area contributed by atoms with Crippen molar-refractivity contribution in [1.29, 1.82) is 0 Å². The molecule has 1 saturated heterocycles. The van der Waals surface area contributed by atoms with Gasteiger partial charge in [0, 0.05) is 17.1 Å². The van der Waals surface area contributed by atoms with Gasteiger partial charge in [0.2, 0.25) is 5.88 Å². The highest BCUT2D eigenvalue weighted by atomic mass is 35.5. The molecule has 0 amide bonds. The number of ether oxygens (including phenoxy) is 1. The Balaban J connectivity index is 1.51. The molecule has 2 heterocycles. The molecular formula is C18H23ClN2OS. The minimum Gasteiger partial charge on any atom is -0.477 e. The molecule has 0 radical (unpaired) electrons. The lowest BCUT2D eigenvalue weighted by atomic mass is 10.1.